The number of aliphatic hydroxyl groups is 1. The monoisotopic (exact) mass is 311 g/mol. The van der Waals surface area contributed by atoms with Crippen molar-refractivity contribution in [2.24, 2.45) is 0 Å². The summed E-state index contributed by atoms with van der Waals surface area (Å²) in [4.78, 5) is 14.5. The number of aliphatic hydroxyl groups excluding tert-OH is 1. The number of rotatable bonds is 3. The third-order valence-electron chi connectivity index (χ3n) is 4.27. The van der Waals surface area contributed by atoms with Gasteiger partial charge in [0.2, 0.25) is 5.91 Å². The number of amides is 1. The van der Waals surface area contributed by atoms with Crippen LogP contribution in [0.2, 0.25) is 0 Å². The number of nitrogens with zero attached hydrogens (tertiary/aromatic N) is 1. The summed E-state index contributed by atoms with van der Waals surface area (Å²) in [6.07, 6.45) is 0.424. The van der Waals surface area contributed by atoms with Gasteiger partial charge in [-0.2, -0.15) is 0 Å². The zero-order chi connectivity index (χ0) is 16.4. The highest BCUT2D eigenvalue weighted by molar-refractivity contribution is 5.96. The van der Waals surface area contributed by atoms with Crippen molar-refractivity contribution in [3.05, 3.63) is 59.2 Å². The second-order valence-corrected chi connectivity index (χ2v) is 5.94. The van der Waals surface area contributed by atoms with Crippen LogP contribution in [-0.4, -0.2) is 24.7 Å². The molecule has 4 nitrogen and oxygen atoms in total. The fraction of sp³-hybridized carbons (Fsp3) is 0.316. The van der Waals surface area contributed by atoms with E-state index in [0.717, 1.165) is 28.1 Å². The molecule has 0 saturated heterocycles. The molecule has 4 heteroatoms. The number of hydrogen-bond donors (Lipinski definition) is 1. The molecular weight excluding hydrogens is 290 g/mol. The highest BCUT2D eigenvalue weighted by Crippen LogP contribution is 2.34. The van der Waals surface area contributed by atoms with Gasteiger partial charge >= 0.3 is 0 Å². The molecule has 2 aromatic carbocycles. The van der Waals surface area contributed by atoms with Gasteiger partial charge in [-0.15, -0.1) is 0 Å². The van der Waals surface area contributed by atoms with Gasteiger partial charge < -0.3 is 14.7 Å². The number of anilines is 1. The molecule has 1 aliphatic heterocycles. The lowest BCUT2D eigenvalue weighted by Gasteiger charge is -2.32. The van der Waals surface area contributed by atoms with Crippen LogP contribution in [0.4, 0.5) is 5.69 Å². The van der Waals surface area contributed by atoms with E-state index in [1.54, 1.807) is 12.0 Å². The number of carbonyl (C=O) groups is 1. The summed E-state index contributed by atoms with van der Waals surface area (Å²) in [5.74, 6) is 0.829. The summed E-state index contributed by atoms with van der Waals surface area (Å²) < 4.78 is 5.14. The molecule has 0 spiro atoms. The van der Waals surface area contributed by atoms with Gasteiger partial charge in [-0.1, -0.05) is 29.8 Å². The molecule has 3 rings (SSSR count). The second-order valence-electron chi connectivity index (χ2n) is 5.94. The molecule has 1 amide bonds. The minimum absolute atomic E-state index is 0.0483. The number of benzene rings is 2. The van der Waals surface area contributed by atoms with Gasteiger partial charge in [0.05, 0.1) is 19.6 Å². The van der Waals surface area contributed by atoms with E-state index >= 15 is 0 Å². The summed E-state index contributed by atoms with van der Waals surface area (Å²) in [5.41, 5.74) is 3.72. The van der Waals surface area contributed by atoms with Crippen molar-refractivity contribution < 1.29 is 14.6 Å². The molecule has 0 aromatic heterocycles. The van der Waals surface area contributed by atoms with Crippen LogP contribution in [0.5, 0.6) is 5.75 Å². The molecule has 2 aromatic rings. The minimum Gasteiger partial charge on any atom is -0.497 e. The molecule has 1 heterocycles. The van der Waals surface area contributed by atoms with Crippen LogP contribution in [-0.2, 0) is 11.2 Å². The number of carbonyl (C=O) groups excluding carboxylic acids is 1. The van der Waals surface area contributed by atoms with Gasteiger partial charge in [0.15, 0.2) is 0 Å². The minimum atomic E-state index is -0.491. The molecule has 1 aliphatic rings. The topological polar surface area (TPSA) is 49.8 Å². The van der Waals surface area contributed by atoms with Crippen LogP contribution in [0.25, 0.3) is 0 Å². The van der Waals surface area contributed by atoms with Gasteiger partial charge in [-0.05, 0) is 37.1 Å². The molecule has 1 N–H and O–H groups in total. The third-order valence-corrected chi connectivity index (χ3v) is 4.27. The van der Waals surface area contributed by atoms with Crippen molar-refractivity contribution in [2.45, 2.75) is 25.9 Å². The summed E-state index contributed by atoms with van der Waals surface area (Å²) in [6.45, 7) is 2.54. The van der Waals surface area contributed by atoms with E-state index in [9.17, 15) is 9.90 Å². The van der Waals surface area contributed by atoms with Crippen LogP contribution >= 0.6 is 0 Å². The van der Waals surface area contributed by atoms with Crippen molar-refractivity contribution >= 4 is 11.6 Å². The molecule has 0 fully saturated rings. The zero-order valence-corrected chi connectivity index (χ0v) is 13.5. The van der Waals surface area contributed by atoms with Crippen LogP contribution in [0.1, 0.15) is 29.2 Å². The average molecular weight is 311 g/mol. The largest absolute Gasteiger partial charge is 0.497 e. The second kappa shape index (κ2) is 6.42. The molecule has 1 unspecified atom stereocenters. The van der Waals surface area contributed by atoms with E-state index in [-0.39, 0.29) is 5.91 Å². The summed E-state index contributed by atoms with van der Waals surface area (Å²) in [5, 5.41) is 10.2. The first-order valence-electron chi connectivity index (χ1n) is 7.80. The molecule has 23 heavy (non-hydrogen) atoms. The Morgan fingerprint density at radius 1 is 1.26 bits per heavy atom. The first-order chi connectivity index (χ1) is 11.1. The van der Waals surface area contributed by atoms with E-state index < -0.39 is 6.10 Å². The Balaban J connectivity index is 1.81. The Morgan fingerprint density at radius 2 is 2.00 bits per heavy atom. The first kappa shape index (κ1) is 15.6. The molecule has 0 bridgehead atoms. The maximum Gasteiger partial charge on any atom is 0.231 e. The molecular formula is C19H21NO3. The van der Waals surface area contributed by atoms with Crippen molar-refractivity contribution in [1.82, 2.24) is 0 Å². The molecule has 0 saturated carbocycles. The van der Waals surface area contributed by atoms with E-state index in [4.69, 9.17) is 4.74 Å². The third kappa shape index (κ3) is 3.22. The number of fused-ring (bicyclic) bond motifs is 1. The predicted molar refractivity (Wildman–Crippen MR) is 89.8 cm³/mol. The Kier molecular flexibility index (Phi) is 4.35. The van der Waals surface area contributed by atoms with Crippen molar-refractivity contribution in [3.8, 4) is 5.75 Å². The number of hydrogen-bond acceptors (Lipinski definition) is 3. The Morgan fingerprint density at radius 3 is 2.70 bits per heavy atom. The Bertz CT molecular complexity index is 709. The van der Waals surface area contributed by atoms with Crippen molar-refractivity contribution in [1.29, 1.82) is 0 Å². The molecule has 0 radical (unpaired) electrons. The molecule has 0 aliphatic carbocycles. The first-order valence-corrected chi connectivity index (χ1v) is 7.80. The highest BCUT2D eigenvalue weighted by atomic mass is 16.5. The Hall–Kier alpha value is -2.33. The van der Waals surface area contributed by atoms with Crippen molar-refractivity contribution in [3.63, 3.8) is 0 Å². The van der Waals surface area contributed by atoms with Crippen LogP contribution in [0.15, 0.2) is 42.5 Å². The van der Waals surface area contributed by atoms with E-state index in [1.807, 2.05) is 49.4 Å². The summed E-state index contributed by atoms with van der Waals surface area (Å²) >= 11 is 0. The lowest BCUT2D eigenvalue weighted by atomic mass is 9.96. The van der Waals surface area contributed by atoms with Crippen LogP contribution in [0.3, 0.4) is 0 Å². The number of ether oxygens (including phenoxy) is 1. The maximum absolute atomic E-state index is 12.7. The average Bonchev–Trinajstić information content (AvgIpc) is 2.56. The smallest absolute Gasteiger partial charge is 0.231 e. The van der Waals surface area contributed by atoms with Gasteiger partial charge in [0, 0.05) is 17.8 Å². The maximum atomic E-state index is 12.7. The van der Waals surface area contributed by atoms with E-state index in [1.165, 1.54) is 0 Å². The summed E-state index contributed by atoms with van der Waals surface area (Å²) in [6, 6.07) is 13.4. The predicted octanol–water partition coefficient (Wildman–Crippen LogP) is 3.02. The van der Waals surface area contributed by atoms with Gasteiger partial charge in [-0.3, -0.25) is 4.79 Å². The van der Waals surface area contributed by atoms with Gasteiger partial charge in [0.25, 0.3) is 0 Å². The zero-order valence-electron chi connectivity index (χ0n) is 13.5. The summed E-state index contributed by atoms with van der Waals surface area (Å²) in [7, 11) is 1.62. The standard InChI is InChI=1S/C19H21NO3/c1-13-3-8-17-16(11-13)18(21)9-10-20(17)19(22)12-14-4-6-15(23-2)7-5-14/h3-8,11,18,21H,9-10,12H2,1-2H3. The molecule has 120 valence electrons. The fourth-order valence-corrected chi connectivity index (χ4v) is 2.99. The fourth-order valence-electron chi connectivity index (χ4n) is 2.99. The van der Waals surface area contributed by atoms with Crippen LogP contribution < -0.4 is 9.64 Å². The lowest BCUT2D eigenvalue weighted by Crippen LogP contribution is -2.37. The van der Waals surface area contributed by atoms with Gasteiger partial charge in [-0.25, -0.2) is 0 Å². The Labute approximate surface area is 136 Å². The lowest BCUT2D eigenvalue weighted by molar-refractivity contribution is -0.118. The van der Waals surface area contributed by atoms with E-state index in [0.29, 0.717) is 19.4 Å². The SMILES string of the molecule is COc1ccc(CC(=O)N2CCC(O)c3cc(C)ccc32)cc1. The van der Waals surface area contributed by atoms with E-state index in [2.05, 4.69) is 0 Å². The highest BCUT2D eigenvalue weighted by Gasteiger charge is 2.27. The number of aryl methyl sites for hydroxylation is 1. The number of methoxy groups -OCH3 is 1. The quantitative estimate of drug-likeness (QED) is 0.948. The molecule has 1 atom stereocenters. The van der Waals surface area contributed by atoms with Crippen molar-refractivity contribution in [2.75, 3.05) is 18.6 Å². The normalized spacial score (nSPS) is 16.8. The van der Waals surface area contributed by atoms with Gasteiger partial charge in [0.1, 0.15) is 5.75 Å². The van der Waals surface area contributed by atoms with Crippen LogP contribution in [0, 0.1) is 6.92 Å².